The summed E-state index contributed by atoms with van der Waals surface area (Å²) in [7, 11) is 3.65. The van der Waals surface area contributed by atoms with E-state index in [1.807, 2.05) is 25.9 Å². The smallest absolute Gasteiger partial charge is 0.237 e. The SMILES string of the molecule is CN(C)[C@@](C)(Cc1ccc(O)cc1)C(N)=O. The number of hydrogen-bond acceptors (Lipinski definition) is 3. The molecule has 1 aromatic carbocycles. The Morgan fingerprint density at radius 3 is 2.25 bits per heavy atom. The summed E-state index contributed by atoms with van der Waals surface area (Å²) in [6, 6.07) is 6.79. The first-order chi connectivity index (χ1) is 7.36. The highest BCUT2D eigenvalue weighted by Crippen LogP contribution is 2.19. The van der Waals surface area contributed by atoms with Gasteiger partial charge in [0.1, 0.15) is 11.3 Å². The number of aromatic hydroxyl groups is 1. The third kappa shape index (κ3) is 2.52. The number of phenols is 1. The molecular formula is C12H18N2O2. The Kier molecular flexibility index (Phi) is 3.55. The van der Waals surface area contributed by atoms with Crippen LogP contribution in [0.1, 0.15) is 12.5 Å². The van der Waals surface area contributed by atoms with Crippen LogP contribution in [0.5, 0.6) is 5.75 Å². The van der Waals surface area contributed by atoms with Gasteiger partial charge in [-0.1, -0.05) is 12.1 Å². The first-order valence-corrected chi connectivity index (χ1v) is 5.11. The maximum Gasteiger partial charge on any atom is 0.237 e. The van der Waals surface area contributed by atoms with E-state index in [9.17, 15) is 9.90 Å². The molecule has 0 unspecified atom stereocenters. The third-order valence-electron chi connectivity index (χ3n) is 3.00. The molecule has 4 nitrogen and oxygen atoms in total. The molecule has 0 fully saturated rings. The maximum atomic E-state index is 11.5. The van der Waals surface area contributed by atoms with E-state index in [1.54, 1.807) is 24.3 Å². The standard InChI is InChI=1S/C12H18N2O2/c1-12(11(13)16,14(2)3)8-9-4-6-10(15)7-5-9/h4-7,15H,8H2,1-3H3,(H2,13,16)/t12-/m0/s1. The van der Waals surface area contributed by atoms with Gasteiger partial charge in [0.2, 0.25) is 5.91 Å². The highest BCUT2D eigenvalue weighted by molar-refractivity contribution is 5.84. The zero-order valence-electron chi connectivity index (χ0n) is 9.90. The van der Waals surface area contributed by atoms with Crippen LogP contribution in [0.2, 0.25) is 0 Å². The van der Waals surface area contributed by atoms with Crippen molar-refractivity contribution in [3.63, 3.8) is 0 Å². The Hall–Kier alpha value is -1.55. The van der Waals surface area contributed by atoms with E-state index in [0.717, 1.165) is 5.56 Å². The van der Waals surface area contributed by atoms with Crippen LogP contribution in [0.25, 0.3) is 0 Å². The highest BCUT2D eigenvalue weighted by atomic mass is 16.3. The van der Waals surface area contributed by atoms with Gasteiger partial charge in [0.15, 0.2) is 0 Å². The second-order valence-corrected chi connectivity index (χ2v) is 4.38. The number of carbonyl (C=O) groups excluding carboxylic acids is 1. The molecule has 0 aliphatic rings. The minimum atomic E-state index is -0.711. The molecule has 0 aliphatic carbocycles. The van der Waals surface area contributed by atoms with Gasteiger partial charge in [-0.05, 0) is 45.1 Å². The predicted octanol–water partition coefficient (Wildman–Crippen LogP) is 0.740. The fourth-order valence-electron chi connectivity index (χ4n) is 1.48. The molecule has 3 N–H and O–H groups in total. The fraction of sp³-hybridized carbons (Fsp3) is 0.417. The Balaban J connectivity index is 2.93. The number of amides is 1. The van der Waals surface area contributed by atoms with Crippen LogP contribution in [0, 0.1) is 0 Å². The van der Waals surface area contributed by atoms with Gasteiger partial charge in [-0.15, -0.1) is 0 Å². The lowest BCUT2D eigenvalue weighted by Gasteiger charge is -2.33. The average molecular weight is 222 g/mol. The molecule has 0 radical (unpaired) electrons. The number of rotatable bonds is 4. The molecule has 0 heterocycles. The number of benzene rings is 1. The second kappa shape index (κ2) is 4.53. The van der Waals surface area contributed by atoms with Crippen LogP contribution in [-0.2, 0) is 11.2 Å². The third-order valence-corrected chi connectivity index (χ3v) is 3.00. The summed E-state index contributed by atoms with van der Waals surface area (Å²) in [4.78, 5) is 13.3. The van der Waals surface area contributed by atoms with E-state index in [0.29, 0.717) is 6.42 Å². The summed E-state index contributed by atoms with van der Waals surface area (Å²) in [5.74, 6) is -0.139. The number of hydrogen-bond donors (Lipinski definition) is 2. The topological polar surface area (TPSA) is 66.6 Å². The molecule has 1 aromatic rings. The van der Waals surface area contributed by atoms with Gasteiger partial charge in [0, 0.05) is 0 Å². The van der Waals surface area contributed by atoms with Gasteiger partial charge in [-0.2, -0.15) is 0 Å². The first kappa shape index (κ1) is 12.5. The van der Waals surface area contributed by atoms with Crippen molar-refractivity contribution in [1.82, 2.24) is 4.90 Å². The molecule has 0 spiro atoms. The number of nitrogens with zero attached hydrogens (tertiary/aromatic N) is 1. The summed E-state index contributed by atoms with van der Waals surface area (Å²) in [6.45, 7) is 1.81. The normalized spacial score (nSPS) is 14.8. The lowest BCUT2D eigenvalue weighted by Crippen LogP contribution is -2.53. The number of carbonyl (C=O) groups is 1. The van der Waals surface area contributed by atoms with Crippen LogP contribution in [0.15, 0.2) is 24.3 Å². The molecular weight excluding hydrogens is 204 g/mol. The van der Waals surface area contributed by atoms with Crippen molar-refractivity contribution in [2.75, 3.05) is 14.1 Å². The molecule has 16 heavy (non-hydrogen) atoms. The van der Waals surface area contributed by atoms with Crippen molar-refractivity contribution < 1.29 is 9.90 Å². The van der Waals surface area contributed by atoms with Gasteiger partial charge >= 0.3 is 0 Å². The summed E-state index contributed by atoms with van der Waals surface area (Å²) in [5, 5.41) is 9.17. The Morgan fingerprint density at radius 1 is 1.38 bits per heavy atom. The maximum absolute atomic E-state index is 11.5. The minimum absolute atomic E-state index is 0.217. The van der Waals surface area contributed by atoms with Crippen molar-refractivity contribution in [3.8, 4) is 5.75 Å². The van der Waals surface area contributed by atoms with Gasteiger partial charge in [0.05, 0.1) is 0 Å². The number of primary amides is 1. The molecule has 1 atom stereocenters. The molecule has 4 heteroatoms. The molecule has 1 rings (SSSR count). The fourth-order valence-corrected chi connectivity index (χ4v) is 1.48. The molecule has 0 aromatic heterocycles. The van der Waals surface area contributed by atoms with Crippen LogP contribution in [0.3, 0.4) is 0 Å². The Bertz CT molecular complexity index is 373. The predicted molar refractivity (Wildman–Crippen MR) is 63.1 cm³/mol. The first-order valence-electron chi connectivity index (χ1n) is 5.11. The highest BCUT2D eigenvalue weighted by Gasteiger charge is 2.33. The lowest BCUT2D eigenvalue weighted by atomic mass is 9.91. The quantitative estimate of drug-likeness (QED) is 0.789. The van der Waals surface area contributed by atoms with Crippen LogP contribution in [0.4, 0.5) is 0 Å². The van der Waals surface area contributed by atoms with Gasteiger partial charge in [-0.3, -0.25) is 9.69 Å². The van der Waals surface area contributed by atoms with Gasteiger partial charge in [-0.25, -0.2) is 0 Å². The Morgan fingerprint density at radius 2 is 1.88 bits per heavy atom. The number of likely N-dealkylation sites (N-methyl/N-ethyl adjacent to an activating group) is 1. The zero-order chi connectivity index (χ0) is 12.3. The van der Waals surface area contributed by atoms with E-state index in [-0.39, 0.29) is 11.7 Å². The average Bonchev–Trinajstić information content (AvgIpc) is 2.20. The molecule has 0 saturated heterocycles. The van der Waals surface area contributed by atoms with Gasteiger partial charge < -0.3 is 10.8 Å². The van der Waals surface area contributed by atoms with Crippen LogP contribution >= 0.6 is 0 Å². The zero-order valence-corrected chi connectivity index (χ0v) is 9.90. The number of nitrogens with two attached hydrogens (primary N) is 1. The van der Waals surface area contributed by atoms with E-state index < -0.39 is 5.54 Å². The largest absolute Gasteiger partial charge is 0.508 e. The second-order valence-electron chi connectivity index (χ2n) is 4.38. The molecule has 1 amide bonds. The number of phenolic OH excluding ortho intramolecular Hbond substituents is 1. The lowest BCUT2D eigenvalue weighted by molar-refractivity contribution is -0.127. The summed E-state index contributed by atoms with van der Waals surface area (Å²) in [6.07, 6.45) is 0.523. The molecule has 88 valence electrons. The molecule has 0 aliphatic heterocycles. The summed E-state index contributed by atoms with van der Waals surface area (Å²) >= 11 is 0. The van der Waals surface area contributed by atoms with Crippen molar-refractivity contribution in [1.29, 1.82) is 0 Å². The van der Waals surface area contributed by atoms with E-state index >= 15 is 0 Å². The summed E-state index contributed by atoms with van der Waals surface area (Å²) < 4.78 is 0. The van der Waals surface area contributed by atoms with Crippen LogP contribution < -0.4 is 5.73 Å². The minimum Gasteiger partial charge on any atom is -0.508 e. The summed E-state index contributed by atoms with van der Waals surface area (Å²) in [5.41, 5.74) is 5.67. The van der Waals surface area contributed by atoms with Crippen molar-refractivity contribution in [2.24, 2.45) is 5.73 Å². The Labute approximate surface area is 95.7 Å². The van der Waals surface area contributed by atoms with Crippen molar-refractivity contribution in [2.45, 2.75) is 18.9 Å². The molecule has 0 bridgehead atoms. The van der Waals surface area contributed by atoms with E-state index in [4.69, 9.17) is 5.73 Å². The monoisotopic (exact) mass is 222 g/mol. The van der Waals surface area contributed by atoms with Crippen molar-refractivity contribution in [3.05, 3.63) is 29.8 Å². The van der Waals surface area contributed by atoms with Crippen LogP contribution in [-0.4, -0.2) is 35.5 Å². The van der Waals surface area contributed by atoms with Crippen molar-refractivity contribution >= 4 is 5.91 Å². The van der Waals surface area contributed by atoms with E-state index in [2.05, 4.69) is 0 Å². The van der Waals surface area contributed by atoms with E-state index in [1.165, 1.54) is 0 Å². The van der Waals surface area contributed by atoms with Gasteiger partial charge in [0.25, 0.3) is 0 Å². The molecule has 0 saturated carbocycles.